The molecule has 0 bridgehead atoms. The van der Waals surface area contributed by atoms with Crippen molar-refractivity contribution in [2.24, 2.45) is 0 Å². The molecule has 7 nitrogen and oxygen atoms in total. The van der Waals surface area contributed by atoms with Crippen molar-refractivity contribution >= 4 is 5.91 Å². The van der Waals surface area contributed by atoms with E-state index in [4.69, 9.17) is 19.3 Å². The number of unbranched alkanes of at least 4 members (excludes halogenated alkanes) is 3. The molecule has 0 fully saturated rings. The second-order valence-electron chi connectivity index (χ2n) is 6.70. The minimum Gasteiger partial charge on any atom is -0.497 e. The fraction of sp³-hybridized carbons (Fsp3) is 0.318. The van der Waals surface area contributed by atoms with E-state index in [1.807, 2.05) is 36.4 Å². The predicted octanol–water partition coefficient (Wildman–Crippen LogP) is 4.41. The van der Waals surface area contributed by atoms with Crippen molar-refractivity contribution in [3.8, 4) is 28.3 Å². The van der Waals surface area contributed by atoms with E-state index < -0.39 is 0 Å². The van der Waals surface area contributed by atoms with E-state index in [0.717, 1.165) is 60.4 Å². The molecule has 0 saturated carbocycles. The highest BCUT2D eigenvalue weighted by atomic mass is 16.5. The molecule has 0 radical (unpaired) electrons. The lowest BCUT2D eigenvalue weighted by Crippen LogP contribution is -2.17. The van der Waals surface area contributed by atoms with Gasteiger partial charge in [-0.2, -0.15) is 0 Å². The quantitative estimate of drug-likeness (QED) is 0.300. The highest BCUT2D eigenvalue weighted by molar-refractivity contribution is 5.77. The van der Waals surface area contributed by atoms with Crippen molar-refractivity contribution in [3.05, 3.63) is 54.7 Å². The Labute approximate surface area is 169 Å². The number of carbonyl (C=O) groups is 1. The maximum absolute atomic E-state index is 11.0. The third-order valence-electron chi connectivity index (χ3n) is 4.65. The number of carbonyl (C=O) groups excluding carboxylic acids is 1. The van der Waals surface area contributed by atoms with Gasteiger partial charge in [-0.25, -0.2) is 10.5 Å². The summed E-state index contributed by atoms with van der Waals surface area (Å²) >= 11 is 0. The molecule has 0 saturated heterocycles. The number of nitrogens with one attached hydrogen (secondary N) is 1. The van der Waals surface area contributed by atoms with E-state index in [9.17, 15) is 4.79 Å². The van der Waals surface area contributed by atoms with Crippen LogP contribution in [0, 0.1) is 0 Å². The summed E-state index contributed by atoms with van der Waals surface area (Å²) in [6.45, 7) is 0. The van der Waals surface area contributed by atoms with E-state index >= 15 is 0 Å². The van der Waals surface area contributed by atoms with Crippen molar-refractivity contribution in [1.29, 1.82) is 0 Å². The molecule has 0 aliphatic rings. The van der Waals surface area contributed by atoms with Crippen molar-refractivity contribution in [3.63, 3.8) is 0 Å². The number of methoxy groups -OCH3 is 1. The van der Waals surface area contributed by atoms with Crippen LogP contribution in [-0.4, -0.2) is 28.2 Å². The molecule has 3 rings (SSSR count). The fourth-order valence-corrected chi connectivity index (χ4v) is 3.09. The number of amides is 1. The number of hydrogen-bond acceptors (Lipinski definition) is 6. The van der Waals surface area contributed by atoms with Gasteiger partial charge < -0.3 is 9.15 Å². The van der Waals surface area contributed by atoms with Crippen LogP contribution in [0.25, 0.3) is 22.6 Å². The summed E-state index contributed by atoms with van der Waals surface area (Å²) < 4.78 is 11.4. The largest absolute Gasteiger partial charge is 0.497 e. The van der Waals surface area contributed by atoms with Crippen LogP contribution in [0.3, 0.4) is 0 Å². The highest BCUT2D eigenvalue weighted by Crippen LogP contribution is 2.33. The molecule has 0 atom stereocenters. The van der Waals surface area contributed by atoms with Gasteiger partial charge in [-0.15, -0.1) is 0 Å². The number of aryl methyl sites for hydroxylation is 1. The van der Waals surface area contributed by atoms with Gasteiger partial charge in [0.05, 0.1) is 7.11 Å². The maximum atomic E-state index is 11.0. The van der Waals surface area contributed by atoms with E-state index in [-0.39, 0.29) is 5.91 Å². The third-order valence-corrected chi connectivity index (χ3v) is 4.65. The Bertz CT molecular complexity index is 908. The molecule has 1 amide bonds. The monoisotopic (exact) mass is 395 g/mol. The molecule has 0 aliphatic carbocycles. The smallest absolute Gasteiger partial charge is 0.243 e. The molecule has 7 heteroatoms. The molecule has 2 heterocycles. The van der Waals surface area contributed by atoms with Crippen LogP contribution in [0.1, 0.15) is 38.0 Å². The maximum Gasteiger partial charge on any atom is 0.243 e. The average Bonchev–Trinajstić information content (AvgIpc) is 3.20. The lowest BCUT2D eigenvalue weighted by atomic mass is 10.1. The van der Waals surface area contributed by atoms with Crippen LogP contribution in [0.15, 0.2) is 53.2 Å². The second-order valence-corrected chi connectivity index (χ2v) is 6.70. The molecule has 152 valence electrons. The average molecular weight is 395 g/mol. The van der Waals surface area contributed by atoms with Crippen LogP contribution < -0.4 is 10.2 Å². The summed E-state index contributed by atoms with van der Waals surface area (Å²) in [5, 5.41) is 8.50. The van der Waals surface area contributed by atoms with Gasteiger partial charge in [-0.1, -0.05) is 12.8 Å². The first-order valence-electron chi connectivity index (χ1n) is 9.68. The van der Waals surface area contributed by atoms with E-state index in [2.05, 4.69) is 4.98 Å². The topological polar surface area (TPSA) is 97.5 Å². The summed E-state index contributed by atoms with van der Waals surface area (Å²) in [5.74, 6) is 1.86. The van der Waals surface area contributed by atoms with Crippen LogP contribution in [0.5, 0.6) is 5.75 Å². The predicted molar refractivity (Wildman–Crippen MR) is 108 cm³/mol. The molecule has 3 aromatic rings. The zero-order valence-electron chi connectivity index (χ0n) is 16.4. The summed E-state index contributed by atoms with van der Waals surface area (Å²) in [5.41, 5.74) is 4.34. The first-order chi connectivity index (χ1) is 14.2. The van der Waals surface area contributed by atoms with Gasteiger partial charge >= 0.3 is 0 Å². The lowest BCUT2D eigenvalue weighted by molar-refractivity contribution is -0.129. The number of aromatic nitrogens is 2. The van der Waals surface area contributed by atoms with Gasteiger partial charge in [0.2, 0.25) is 5.91 Å². The normalized spacial score (nSPS) is 10.7. The van der Waals surface area contributed by atoms with Crippen LogP contribution in [-0.2, 0) is 11.2 Å². The summed E-state index contributed by atoms with van der Waals surface area (Å²) in [6.07, 6.45) is 8.08. The Morgan fingerprint density at radius 3 is 2.45 bits per heavy atom. The molecule has 0 unspecified atom stereocenters. The molecule has 1 aromatic carbocycles. The first kappa shape index (κ1) is 20.5. The zero-order chi connectivity index (χ0) is 20.5. The highest BCUT2D eigenvalue weighted by Gasteiger charge is 2.17. The van der Waals surface area contributed by atoms with Gasteiger partial charge in [0, 0.05) is 36.4 Å². The molecular weight excluding hydrogens is 370 g/mol. The number of hydroxylamine groups is 1. The third kappa shape index (κ3) is 5.65. The summed E-state index contributed by atoms with van der Waals surface area (Å²) in [4.78, 5) is 19.8. The molecular formula is C22H25N3O4. The molecule has 0 spiro atoms. The molecule has 0 aliphatic heterocycles. The number of ether oxygens (including phenoxy) is 1. The number of pyridine rings is 1. The number of hydrogen-bond donors (Lipinski definition) is 2. The Kier molecular flexibility index (Phi) is 7.35. The minimum atomic E-state index is -0.344. The number of rotatable bonds is 10. The first-order valence-corrected chi connectivity index (χ1v) is 9.68. The SMILES string of the molecule is COc1ccc(-c2oc(CCCCCCC(=O)NO)nc2-c2ccncc2)cc1. The van der Waals surface area contributed by atoms with Gasteiger partial charge in [0.15, 0.2) is 11.7 Å². The Morgan fingerprint density at radius 1 is 1.03 bits per heavy atom. The zero-order valence-corrected chi connectivity index (χ0v) is 16.4. The Hall–Kier alpha value is -3.19. The van der Waals surface area contributed by atoms with E-state index in [1.165, 1.54) is 0 Å². The van der Waals surface area contributed by atoms with Crippen molar-refractivity contribution in [2.45, 2.75) is 38.5 Å². The molecule has 2 N–H and O–H groups in total. The number of benzene rings is 1. The Morgan fingerprint density at radius 2 is 1.76 bits per heavy atom. The Balaban J connectivity index is 1.70. The van der Waals surface area contributed by atoms with Gasteiger partial charge in [0.25, 0.3) is 0 Å². The second kappa shape index (κ2) is 10.4. The van der Waals surface area contributed by atoms with Crippen molar-refractivity contribution in [2.75, 3.05) is 7.11 Å². The van der Waals surface area contributed by atoms with E-state index in [0.29, 0.717) is 12.3 Å². The van der Waals surface area contributed by atoms with Crippen LogP contribution in [0.2, 0.25) is 0 Å². The van der Waals surface area contributed by atoms with Gasteiger partial charge in [-0.3, -0.25) is 15.0 Å². The van der Waals surface area contributed by atoms with Gasteiger partial charge in [0.1, 0.15) is 11.4 Å². The lowest BCUT2D eigenvalue weighted by Gasteiger charge is -2.03. The summed E-state index contributed by atoms with van der Waals surface area (Å²) in [7, 11) is 1.64. The number of oxazole rings is 1. The number of nitrogens with zero attached hydrogens (tertiary/aromatic N) is 2. The van der Waals surface area contributed by atoms with Crippen LogP contribution >= 0.6 is 0 Å². The summed E-state index contributed by atoms with van der Waals surface area (Å²) in [6, 6.07) is 11.6. The van der Waals surface area contributed by atoms with Gasteiger partial charge in [-0.05, 0) is 49.2 Å². The van der Waals surface area contributed by atoms with Crippen molar-refractivity contribution < 1.29 is 19.2 Å². The van der Waals surface area contributed by atoms with Crippen molar-refractivity contribution in [1.82, 2.24) is 15.4 Å². The molecule has 2 aromatic heterocycles. The van der Waals surface area contributed by atoms with E-state index in [1.54, 1.807) is 25.0 Å². The standard InChI is InChI=1S/C22H25N3O4/c1-28-18-10-8-17(9-11-18)22-21(16-12-14-23-15-13-16)24-20(29-22)7-5-3-2-4-6-19(26)25-27/h8-15,27H,2-7H2,1H3,(H,25,26). The minimum absolute atomic E-state index is 0.337. The molecule has 29 heavy (non-hydrogen) atoms. The fourth-order valence-electron chi connectivity index (χ4n) is 3.09. The van der Waals surface area contributed by atoms with Crippen LogP contribution in [0.4, 0.5) is 0 Å².